The number of H-pyrrole nitrogens is 1. The molecule has 1 amide bonds. The number of esters is 1. The highest BCUT2D eigenvalue weighted by molar-refractivity contribution is 7.99. The van der Waals surface area contributed by atoms with Gasteiger partial charge >= 0.3 is 5.97 Å². The number of imidazole rings is 1. The van der Waals surface area contributed by atoms with Gasteiger partial charge in [-0.15, -0.1) is 0 Å². The van der Waals surface area contributed by atoms with Crippen LogP contribution in [0.2, 0.25) is 0 Å². The van der Waals surface area contributed by atoms with E-state index in [2.05, 4.69) is 9.97 Å². The van der Waals surface area contributed by atoms with E-state index in [0.29, 0.717) is 11.8 Å². The third-order valence-electron chi connectivity index (χ3n) is 1.55. The number of aromatic amines is 1. The van der Waals surface area contributed by atoms with Crippen LogP contribution in [0.3, 0.4) is 0 Å². The summed E-state index contributed by atoms with van der Waals surface area (Å²) in [5.74, 6) is 4.26. The maximum atomic E-state index is 11.3. The van der Waals surface area contributed by atoms with Gasteiger partial charge in [-0.3, -0.25) is 10.2 Å². The van der Waals surface area contributed by atoms with Crippen molar-refractivity contribution in [2.24, 2.45) is 5.84 Å². The molecule has 0 saturated carbocycles. The van der Waals surface area contributed by atoms with Crippen LogP contribution in [0.5, 0.6) is 0 Å². The first-order valence-electron chi connectivity index (χ1n) is 4.51. The lowest BCUT2D eigenvalue weighted by Gasteiger charge is -1.98. The van der Waals surface area contributed by atoms with Gasteiger partial charge < -0.3 is 9.72 Å². The van der Waals surface area contributed by atoms with Crippen LogP contribution in [0, 0.1) is 0 Å². The zero-order valence-corrected chi connectivity index (χ0v) is 9.47. The minimum atomic E-state index is -0.467. The lowest BCUT2D eigenvalue weighted by molar-refractivity contribution is -0.118. The second kappa shape index (κ2) is 6.13. The van der Waals surface area contributed by atoms with Crippen molar-refractivity contribution >= 4 is 23.6 Å². The monoisotopic (exact) mass is 244 g/mol. The van der Waals surface area contributed by atoms with Gasteiger partial charge in [0.05, 0.1) is 18.6 Å². The number of nitrogens with two attached hydrogens (primary N) is 1. The third-order valence-corrected chi connectivity index (χ3v) is 2.44. The van der Waals surface area contributed by atoms with Crippen molar-refractivity contribution in [3.05, 3.63) is 11.9 Å². The summed E-state index contributed by atoms with van der Waals surface area (Å²) in [6.07, 6.45) is 1.36. The summed E-state index contributed by atoms with van der Waals surface area (Å²) >= 11 is 1.14. The molecule has 1 rings (SSSR count). The van der Waals surface area contributed by atoms with Crippen LogP contribution in [-0.4, -0.2) is 34.2 Å². The molecular weight excluding hydrogens is 232 g/mol. The summed E-state index contributed by atoms with van der Waals surface area (Å²) in [4.78, 5) is 28.7. The van der Waals surface area contributed by atoms with Crippen molar-refractivity contribution < 1.29 is 14.3 Å². The van der Waals surface area contributed by atoms with Gasteiger partial charge in [0.1, 0.15) is 5.69 Å². The highest BCUT2D eigenvalue weighted by Gasteiger charge is 2.11. The fourth-order valence-corrected chi connectivity index (χ4v) is 1.52. The van der Waals surface area contributed by atoms with E-state index in [-0.39, 0.29) is 17.4 Å². The molecule has 0 aliphatic carbocycles. The highest BCUT2D eigenvalue weighted by Crippen LogP contribution is 2.13. The van der Waals surface area contributed by atoms with Crippen LogP contribution in [0.15, 0.2) is 11.4 Å². The molecule has 0 radical (unpaired) electrons. The number of amides is 1. The fourth-order valence-electron chi connectivity index (χ4n) is 0.864. The van der Waals surface area contributed by atoms with E-state index in [1.807, 2.05) is 5.43 Å². The van der Waals surface area contributed by atoms with E-state index in [1.54, 1.807) is 6.92 Å². The molecule has 0 saturated heterocycles. The SMILES string of the molecule is CCOC(=O)c1cnc(SCC(=O)NN)[nH]1. The van der Waals surface area contributed by atoms with Crippen molar-refractivity contribution in [2.75, 3.05) is 12.4 Å². The van der Waals surface area contributed by atoms with E-state index in [1.165, 1.54) is 6.20 Å². The minimum Gasteiger partial charge on any atom is -0.461 e. The Morgan fingerprint density at radius 1 is 1.69 bits per heavy atom. The number of hydrogen-bond donors (Lipinski definition) is 3. The molecule has 0 unspecified atom stereocenters. The zero-order valence-electron chi connectivity index (χ0n) is 8.65. The summed E-state index contributed by atoms with van der Waals surface area (Å²) in [5, 5.41) is 0.464. The van der Waals surface area contributed by atoms with Gasteiger partial charge in [0.15, 0.2) is 5.16 Å². The molecule has 1 aromatic rings. The summed E-state index contributed by atoms with van der Waals surface area (Å²) in [6, 6.07) is 0. The van der Waals surface area contributed by atoms with Crippen molar-refractivity contribution in [3.8, 4) is 0 Å². The van der Waals surface area contributed by atoms with Crippen molar-refractivity contribution in [3.63, 3.8) is 0 Å². The van der Waals surface area contributed by atoms with Crippen LogP contribution in [-0.2, 0) is 9.53 Å². The smallest absolute Gasteiger partial charge is 0.356 e. The molecule has 0 aliphatic rings. The van der Waals surface area contributed by atoms with Gasteiger partial charge in [-0.05, 0) is 6.92 Å². The van der Waals surface area contributed by atoms with Gasteiger partial charge in [0.2, 0.25) is 5.91 Å². The Kier molecular flexibility index (Phi) is 4.80. The van der Waals surface area contributed by atoms with Crippen LogP contribution in [0.4, 0.5) is 0 Å². The summed E-state index contributed by atoms with van der Waals surface area (Å²) in [7, 11) is 0. The van der Waals surface area contributed by atoms with Gasteiger partial charge in [0.25, 0.3) is 0 Å². The molecule has 16 heavy (non-hydrogen) atoms. The molecule has 88 valence electrons. The number of aromatic nitrogens is 2. The lowest BCUT2D eigenvalue weighted by Crippen LogP contribution is -2.31. The summed E-state index contributed by atoms with van der Waals surface area (Å²) in [6.45, 7) is 2.02. The number of carbonyl (C=O) groups excluding carboxylic acids is 2. The number of hydrazine groups is 1. The number of nitrogens with zero attached hydrogens (tertiary/aromatic N) is 1. The lowest BCUT2D eigenvalue weighted by atomic mass is 10.5. The highest BCUT2D eigenvalue weighted by atomic mass is 32.2. The van der Waals surface area contributed by atoms with E-state index >= 15 is 0 Å². The van der Waals surface area contributed by atoms with Crippen molar-refractivity contribution in [1.82, 2.24) is 15.4 Å². The Morgan fingerprint density at radius 3 is 3.06 bits per heavy atom. The molecule has 0 spiro atoms. The van der Waals surface area contributed by atoms with Crippen molar-refractivity contribution in [1.29, 1.82) is 0 Å². The van der Waals surface area contributed by atoms with E-state index in [0.717, 1.165) is 11.8 Å². The number of carbonyl (C=O) groups is 2. The van der Waals surface area contributed by atoms with Crippen LogP contribution in [0.1, 0.15) is 17.4 Å². The molecule has 8 heteroatoms. The molecule has 0 atom stereocenters. The number of rotatable bonds is 5. The maximum Gasteiger partial charge on any atom is 0.356 e. The van der Waals surface area contributed by atoms with Crippen molar-refractivity contribution in [2.45, 2.75) is 12.1 Å². The second-order valence-corrected chi connectivity index (χ2v) is 3.64. The quantitative estimate of drug-likeness (QED) is 0.215. The number of thioether (sulfide) groups is 1. The first-order valence-corrected chi connectivity index (χ1v) is 5.50. The van der Waals surface area contributed by atoms with Gasteiger partial charge in [-0.25, -0.2) is 15.6 Å². The van der Waals surface area contributed by atoms with Gasteiger partial charge in [-0.2, -0.15) is 0 Å². The number of nitrogens with one attached hydrogen (secondary N) is 2. The average molecular weight is 244 g/mol. The molecule has 1 aromatic heterocycles. The molecule has 4 N–H and O–H groups in total. The number of ether oxygens (including phenoxy) is 1. The molecule has 7 nitrogen and oxygen atoms in total. The predicted molar refractivity (Wildman–Crippen MR) is 57.6 cm³/mol. The Labute approximate surface area is 96.1 Å². The predicted octanol–water partition coefficient (Wildman–Crippen LogP) is -0.332. The Morgan fingerprint density at radius 2 is 2.44 bits per heavy atom. The first-order chi connectivity index (χ1) is 7.67. The maximum absolute atomic E-state index is 11.3. The normalized spacial score (nSPS) is 9.88. The third kappa shape index (κ3) is 3.55. The molecule has 1 heterocycles. The Hall–Kier alpha value is -1.54. The Balaban J connectivity index is 2.51. The van der Waals surface area contributed by atoms with E-state index in [4.69, 9.17) is 10.6 Å². The summed E-state index contributed by atoms with van der Waals surface area (Å²) < 4.78 is 4.77. The van der Waals surface area contributed by atoms with Gasteiger partial charge in [-0.1, -0.05) is 11.8 Å². The largest absolute Gasteiger partial charge is 0.461 e. The first kappa shape index (κ1) is 12.5. The second-order valence-electron chi connectivity index (χ2n) is 2.68. The molecule has 0 aromatic carbocycles. The van der Waals surface area contributed by atoms with Crippen LogP contribution >= 0.6 is 11.8 Å². The zero-order chi connectivity index (χ0) is 12.0. The van der Waals surface area contributed by atoms with Gasteiger partial charge in [0, 0.05) is 0 Å². The molecule has 0 fully saturated rings. The summed E-state index contributed by atoms with van der Waals surface area (Å²) in [5.41, 5.74) is 2.25. The number of hydrogen-bond acceptors (Lipinski definition) is 6. The fraction of sp³-hybridized carbons (Fsp3) is 0.375. The van der Waals surface area contributed by atoms with E-state index < -0.39 is 5.97 Å². The standard InChI is InChI=1S/C8H12N4O3S/c1-2-15-7(14)5-3-10-8(11-5)16-4-6(13)12-9/h3H,2,4,9H2,1H3,(H,10,11)(H,12,13). The van der Waals surface area contributed by atoms with Crippen LogP contribution < -0.4 is 11.3 Å². The topological polar surface area (TPSA) is 110 Å². The minimum absolute atomic E-state index is 0.131. The average Bonchev–Trinajstić information content (AvgIpc) is 2.75. The molecule has 0 aliphatic heterocycles. The van der Waals surface area contributed by atoms with E-state index in [9.17, 15) is 9.59 Å². The van der Waals surface area contributed by atoms with Crippen LogP contribution in [0.25, 0.3) is 0 Å². The molecular formula is C8H12N4O3S. The Bertz CT molecular complexity index is 379. The molecule has 0 bridgehead atoms.